The molecule has 0 fully saturated rings. The Morgan fingerprint density at radius 1 is 1.16 bits per heavy atom. The zero-order valence-electron chi connectivity index (χ0n) is 20.0. The van der Waals surface area contributed by atoms with Crippen molar-refractivity contribution in [3.8, 4) is 5.75 Å². The second-order valence-corrected chi connectivity index (χ2v) is 12.5. The van der Waals surface area contributed by atoms with E-state index >= 15 is 0 Å². The van der Waals surface area contributed by atoms with Gasteiger partial charge in [-0.05, 0) is 77.9 Å². The summed E-state index contributed by atoms with van der Waals surface area (Å²) in [7, 11) is 0. The molecule has 5 rings (SSSR count). The van der Waals surface area contributed by atoms with E-state index in [1.165, 1.54) is 27.3 Å². The number of hydrogen-bond donors (Lipinski definition) is 1. The monoisotopic (exact) mass is 452 g/mol. The Kier molecular flexibility index (Phi) is 5.20. The highest BCUT2D eigenvalue weighted by Gasteiger charge is 2.45. The lowest BCUT2D eigenvalue weighted by molar-refractivity contribution is -0.138. The first-order valence-electron chi connectivity index (χ1n) is 12.1. The van der Waals surface area contributed by atoms with Crippen LogP contribution in [0.5, 0.6) is 5.75 Å². The number of thioether (sulfide) groups is 1. The minimum absolute atomic E-state index is 0.0143. The number of nitrogens with two attached hydrogens (primary N) is 1. The van der Waals surface area contributed by atoms with Gasteiger partial charge < -0.3 is 15.4 Å². The predicted octanol–water partition coefficient (Wildman–Crippen LogP) is 5.92. The van der Waals surface area contributed by atoms with E-state index in [2.05, 4.69) is 45.2 Å². The SMILES string of the molecule is C=C(SC1=C(N)CCCC1)C1Cc2cc3c4c(c2OC1=O)C(C)(C)CCN4CCC3(C)C. The van der Waals surface area contributed by atoms with Gasteiger partial charge in [-0.2, -0.15) is 0 Å². The fraction of sp³-hybridized carbons (Fsp3) is 0.593. The van der Waals surface area contributed by atoms with E-state index in [1.807, 2.05) is 0 Å². The first-order valence-corrected chi connectivity index (χ1v) is 12.9. The molecule has 3 heterocycles. The van der Waals surface area contributed by atoms with Gasteiger partial charge in [-0.15, -0.1) is 0 Å². The normalized spacial score (nSPS) is 25.7. The van der Waals surface area contributed by atoms with E-state index in [9.17, 15) is 4.79 Å². The quantitative estimate of drug-likeness (QED) is 0.455. The highest BCUT2D eigenvalue weighted by molar-refractivity contribution is 8.06. The van der Waals surface area contributed by atoms with E-state index in [1.54, 1.807) is 11.8 Å². The van der Waals surface area contributed by atoms with Gasteiger partial charge in [-0.3, -0.25) is 4.79 Å². The number of benzene rings is 1. The Bertz CT molecular complexity index is 1030. The number of allylic oxidation sites excluding steroid dienone is 2. The molecule has 0 aromatic heterocycles. The van der Waals surface area contributed by atoms with Crippen LogP contribution < -0.4 is 15.4 Å². The van der Waals surface area contributed by atoms with Gasteiger partial charge in [-0.1, -0.05) is 46.0 Å². The van der Waals surface area contributed by atoms with Gasteiger partial charge in [0.05, 0.1) is 5.92 Å². The second kappa shape index (κ2) is 7.58. The van der Waals surface area contributed by atoms with Gasteiger partial charge in [0.1, 0.15) is 5.75 Å². The highest BCUT2D eigenvalue weighted by atomic mass is 32.2. The van der Waals surface area contributed by atoms with Crippen LogP contribution >= 0.6 is 11.8 Å². The fourth-order valence-electron chi connectivity index (χ4n) is 5.84. The first kappa shape index (κ1) is 21.9. The maximum absolute atomic E-state index is 13.2. The molecule has 0 bridgehead atoms. The molecule has 1 aromatic rings. The van der Waals surface area contributed by atoms with E-state index < -0.39 is 0 Å². The second-order valence-electron chi connectivity index (χ2n) is 11.3. The van der Waals surface area contributed by atoms with Crippen LogP contribution in [-0.4, -0.2) is 19.1 Å². The molecule has 0 saturated heterocycles. The number of carbonyl (C=O) groups excluding carboxylic acids is 1. The molecule has 4 nitrogen and oxygen atoms in total. The van der Waals surface area contributed by atoms with E-state index in [0.717, 1.165) is 68.0 Å². The molecule has 32 heavy (non-hydrogen) atoms. The van der Waals surface area contributed by atoms with Crippen LogP contribution in [0.2, 0.25) is 0 Å². The first-order chi connectivity index (χ1) is 15.1. The maximum atomic E-state index is 13.2. The third-order valence-corrected chi connectivity index (χ3v) is 9.34. The average molecular weight is 453 g/mol. The number of hydrogen-bond acceptors (Lipinski definition) is 5. The van der Waals surface area contributed by atoms with Crippen LogP contribution in [0.25, 0.3) is 0 Å². The summed E-state index contributed by atoms with van der Waals surface area (Å²) in [5, 5.41) is 0. The number of anilines is 1. The summed E-state index contributed by atoms with van der Waals surface area (Å²) < 4.78 is 6.17. The lowest BCUT2D eigenvalue weighted by Gasteiger charge is -2.49. The van der Waals surface area contributed by atoms with Gasteiger partial charge >= 0.3 is 5.97 Å². The third kappa shape index (κ3) is 3.48. The van der Waals surface area contributed by atoms with Crippen molar-refractivity contribution in [1.29, 1.82) is 0 Å². The van der Waals surface area contributed by atoms with Crippen LogP contribution in [0, 0.1) is 5.92 Å². The molecule has 1 atom stereocenters. The number of ether oxygens (including phenoxy) is 1. The van der Waals surface area contributed by atoms with Crippen molar-refractivity contribution in [3.63, 3.8) is 0 Å². The lowest BCUT2D eigenvalue weighted by atomic mass is 9.68. The zero-order valence-corrected chi connectivity index (χ0v) is 20.8. The van der Waals surface area contributed by atoms with Crippen molar-refractivity contribution >= 4 is 23.4 Å². The van der Waals surface area contributed by atoms with Crippen LogP contribution in [0.4, 0.5) is 5.69 Å². The van der Waals surface area contributed by atoms with Gasteiger partial charge in [0.2, 0.25) is 0 Å². The average Bonchev–Trinajstić information content (AvgIpc) is 2.72. The van der Waals surface area contributed by atoms with Crippen LogP contribution in [0.15, 0.2) is 28.2 Å². The Morgan fingerprint density at radius 3 is 2.56 bits per heavy atom. The molecule has 0 saturated carbocycles. The molecule has 3 aliphatic heterocycles. The molecule has 0 radical (unpaired) electrons. The summed E-state index contributed by atoms with van der Waals surface area (Å²) in [6.07, 6.45) is 7.14. The standard InChI is InChI=1S/C27H36N2O2S/c1-16(32-21-9-7-6-8-20(21)28)18-14-17-15-19-23-22(24(17)31-25(18)30)27(4,5)11-13-29(23)12-10-26(19,2)3/h15,18H,1,6-14,28H2,2-5H3. The molecule has 1 unspecified atom stereocenters. The van der Waals surface area contributed by atoms with Crippen LogP contribution in [0.3, 0.4) is 0 Å². The van der Waals surface area contributed by atoms with Crippen molar-refractivity contribution in [2.45, 2.75) is 83.5 Å². The minimum atomic E-state index is -0.325. The van der Waals surface area contributed by atoms with Crippen molar-refractivity contribution in [1.82, 2.24) is 0 Å². The van der Waals surface area contributed by atoms with Gasteiger partial charge in [-0.25, -0.2) is 0 Å². The van der Waals surface area contributed by atoms with E-state index in [4.69, 9.17) is 10.5 Å². The van der Waals surface area contributed by atoms with Gasteiger partial charge in [0, 0.05) is 34.9 Å². The summed E-state index contributed by atoms with van der Waals surface area (Å²) in [4.78, 5) is 17.8. The summed E-state index contributed by atoms with van der Waals surface area (Å²) in [5.41, 5.74) is 12.5. The van der Waals surface area contributed by atoms with Crippen molar-refractivity contribution < 1.29 is 9.53 Å². The van der Waals surface area contributed by atoms with Crippen molar-refractivity contribution in [3.05, 3.63) is 44.8 Å². The summed E-state index contributed by atoms with van der Waals surface area (Å²) in [5.74, 6) is 0.338. The molecule has 4 aliphatic rings. The number of nitrogens with zero attached hydrogens (tertiary/aromatic N) is 1. The summed E-state index contributed by atoms with van der Waals surface area (Å²) in [6.45, 7) is 15.8. The number of esters is 1. The minimum Gasteiger partial charge on any atom is -0.425 e. The van der Waals surface area contributed by atoms with Crippen LogP contribution in [0.1, 0.15) is 82.9 Å². The fourth-order valence-corrected chi connectivity index (χ4v) is 6.96. The van der Waals surface area contributed by atoms with Gasteiger partial charge in [0.15, 0.2) is 0 Å². The van der Waals surface area contributed by atoms with Gasteiger partial charge in [0.25, 0.3) is 0 Å². The molecule has 1 aromatic carbocycles. The topological polar surface area (TPSA) is 55.6 Å². The number of rotatable bonds is 3. The van der Waals surface area contributed by atoms with E-state index in [-0.39, 0.29) is 22.7 Å². The smallest absolute Gasteiger partial charge is 0.319 e. The van der Waals surface area contributed by atoms with Crippen molar-refractivity contribution in [2.75, 3.05) is 18.0 Å². The number of carbonyl (C=O) groups is 1. The largest absolute Gasteiger partial charge is 0.425 e. The molecule has 1 aliphatic carbocycles. The highest BCUT2D eigenvalue weighted by Crippen LogP contribution is 2.55. The van der Waals surface area contributed by atoms with Crippen LogP contribution in [-0.2, 0) is 22.0 Å². The Balaban J connectivity index is 1.55. The number of fused-ring (bicyclic) bond motifs is 2. The third-order valence-electron chi connectivity index (χ3n) is 8.08. The zero-order chi connectivity index (χ0) is 22.8. The Morgan fingerprint density at radius 2 is 1.84 bits per heavy atom. The van der Waals surface area contributed by atoms with E-state index in [0.29, 0.717) is 6.42 Å². The molecular weight excluding hydrogens is 416 g/mol. The predicted molar refractivity (Wildman–Crippen MR) is 133 cm³/mol. The molecule has 5 heteroatoms. The lowest BCUT2D eigenvalue weighted by Crippen LogP contribution is -2.45. The van der Waals surface area contributed by atoms with Crippen molar-refractivity contribution in [2.24, 2.45) is 11.7 Å². The molecular formula is C27H36N2O2S. The Hall–Kier alpha value is -1.88. The molecule has 0 amide bonds. The summed E-state index contributed by atoms with van der Waals surface area (Å²) >= 11 is 1.61. The Labute approximate surface area is 196 Å². The molecule has 2 N–H and O–H groups in total. The molecule has 0 spiro atoms. The molecule has 172 valence electrons. The summed E-state index contributed by atoms with van der Waals surface area (Å²) in [6, 6.07) is 2.34. The maximum Gasteiger partial charge on any atom is 0.319 e.